The third kappa shape index (κ3) is 4.47. The Morgan fingerprint density at radius 1 is 0.971 bits per heavy atom. The molecule has 1 N–H and O–H groups in total. The Morgan fingerprint density at radius 3 is 2.47 bits per heavy atom. The fourth-order valence-electron chi connectivity index (χ4n) is 4.66. The monoisotopic (exact) mass is 461 g/mol. The number of tetrazole rings is 1. The first-order valence-electron chi connectivity index (χ1n) is 11.4. The second-order valence-corrected chi connectivity index (χ2v) is 8.29. The molecule has 0 radical (unpaired) electrons. The molecule has 1 atom stereocenters. The third-order valence-electron chi connectivity index (χ3n) is 6.40. The van der Waals surface area contributed by atoms with Crippen molar-refractivity contribution in [2.45, 2.75) is 12.6 Å². The predicted molar refractivity (Wildman–Crippen MR) is 126 cm³/mol. The van der Waals surface area contributed by atoms with Crippen LogP contribution in [0.4, 0.5) is 5.69 Å². The van der Waals surface area contributed by atoms with E-state index < -0.39 is 0 Å². The number of piperazine rings is 1. The molecule has 176 valence electrons. The minimum absolute atomic E-state index is 0.0703. The highest BCUT2D eigenvalue weighted by Crippen LogP contribution is 2.28. The molecule has 3 heterocycles. The summed E-state index contributed by atoms with van der Waals surface area (Å²) >= 11 is 0. The zero-order valence-electron chi connectivity index (χ0n) is 19.4. The number of anilines is 1. The lowest BCUT2D eigenvalue weighted by atomic mass is 10.0. The van der Waals surface area contributed by atoms with Crippen molar-refractivity contribution in [1.29, 1.82) is 0 Å². The van der Waals surface area contributed by atoms with E-state index in [1.54, 1.807) is 20.5 Å². The van der Waals surface area contributed by atoms with Crippen LogP contribution in [-0.4, -0.2) is 60.6 Å². The van der Waals surface area contributed by atoms with Gasteiger partial charge >= 0.3 is 0 Å². The SMILES string of the molecule is COc1ccc(N2CC[NH+]([C@H](c3ccccc3OC)c3nnnn3Cc3ccco3)CC2)cc1. The van der Waals surface area contributed by atoms with Gasteiger partial charge in [0.1, 0.15) is 23.8 Å². The lowest BCUT2D eigenvalue weighted by Crippen LogP contribution is -3.15. The fourth-order valence-corrected chi connectivity index (χ4v) is 4.66. The molecule has 1 fully saturated rings. The summed E-state index contributed by atoms with van der Waals surface area (Å²) in [6, 6.07) is 20.1. The molecular weight excluding hydrogens is 432 g/mol. The van der Waals surface area contributed by atoms with E-state index in [-0.39, 0.29) is 6.04 Å². The molecule has 2 aromatic carbocycles. The van der Waals surface area contributed by atoms with Gasteiger partial charge < -0.3 is 23.7 Å². The van der Waals surface area contributed by atoms with Crippen molar-refractivity contribution >= 4 is 5.69 Å². The first-order valence-corrected chi connectivity index (χ1v) is 11.4. The Hall–Kier alpha value is -3.85. The van der Waals surface area contributed by atoms with Crippen LogP contribution in [0.2, 0.25) is 0 Å². The number of para-hydroxylation sites is 1. The zero-order chi connectivity index (χ0) is 23.3. The van der Waals surface area contributed by atoms with Crippen LogP contribution in [0.1, 0.15) is 23.2 Å². The quantitative estimate of drug-likeness (QED) is 0.429. The molecule has 9 nitrogen and oxygen atoms in total. The van der Waals surface area contributed by atoms with E-state index in [1.165, 1.54) is 10.6 Å². The number of nitrogens with zero attached hydrogens (tertiary/aromatic N) is 5. The number of hydrogen-bond donors (Lipinski definition) is 1. The highest BCUT2D eigenvalue weighted by molar-refractivity contribution is 5.49. The van der Waals surface area contributed by atoms with E-state index in [1.807, 2.05) is 47.1 Å². The topological polar surface area (TPSA) is 82.9 Å². The van der Waals surface area contributed by atoms with Crippen LogP contribution in [0.5, 0.6) is 11.5 Å². The fraction of sp³-hybridized carbons (Fsp3) is 0.320. The Balaban J connectivity index is 1.43. The molecule has 0 saturated carbocycles. The Kier molecular flexibility index (Phi) is 6.44. The van der Waals surface area contributed by atoms with Crippen LogP contribution in [0.15, 0.2) is 71.3 Å². The average Bonchev–Trinajstić information content (AvgIpc) is 3.58. The van der Waals surface area contributed by atoms with E-state index in [4.69, 9.17) is 13.9 Å². The van der Waals surface area contributed by atoms with Crippen molar-refractivity contribution in [2.24, 2.45) is 0 Å². The Labute approximate surface area is 198 Å². The summed E-state index contributed by atoms with van der Waals surface area (Å²) in [4.78, 5) is 3.80. The number of quaternary nitrogens is 1. The van der Waals surface area contributed by atoms with Crippen molar-refractivity contribution in [2.75, 3.05) is 45.3 Å². The largest absolute Gasteiger partial charge is 0.497 e. The van der Waals surface area contributed by atoms with Crippen molar-refractivity contribution in [3.05, 3.63) is 84.1 Å². The lowest BCUT2D eigenvalue weighted by molar-refractivity contribution is -0.927. The van der Waals surface area contributed by atoms with Crippen molar-refractivity contribution in [3.8, 4) is 11.5 Å². The van der Waals surface area contributed by atoms with Crippen molar-refractivity contribution in [3.63, 3.8) is 0 Å². The average molecular weight is 462 g/mol. The highest BCUT2D eigenvalue weighted by atomic mass is 16.5. The highest BCUT2D eigenvalue weighted by Gasteiger charge is 2.36. The summed E-state index contributed by atoms with van der Waals surface area (Å²) in [5.41, 5.74) is 2.28. The zero-order valence-corrected chi connectivity index (χ0v) is 19.4. The molecule has 0 unspecified atom stereocenters. The van der Waals surface area contributed by atoms with Crippen LogP contribution >= 0.6 is 0 Å². The number of methoxy groups -OCH3 is 2. The summed E-state index contributed by atoms with van der Waals surface area (Å²) in [5, 5.41) is 12.8. The van der Waals surface area contributed by atoms with Gasteiger partial charge in [-0.1, -0.05) is 12.1 Å². The van der Waals surface area contributed by atoms with Gasteiger partial charge in [-0.15, -0.1) is 5.10 Å². The van der Waals surface area contributed by atoms with Crippen LogP contribution in [0, 0.1) is 0 Å². The minimum Gasteiger partial charge on any atom is -0.497 e. The summed E-state index contributed by atoms with van der Waals surface area (Å²) in [6.07, 6.45) is 1.67. The number of rotatable bonds is 8. The molecule has 0 bridgehead atoms. The van der Waals surface area contributed by atoms with Gasteiger partial charge in [-0.3, -0.25) is 0 Å². The van der Waals surface area contributed by atoms with Gasteiger partial charge in [-0.2, -0.15) is 0 Å². The molecule has 0 spiro atoms. The maximum Gasteiger partial charge on any atom is 0.214 e. The summed E-state index contributed by atoms with van der Waals surface area (Å²) in [5.74, 6) is 3.32. The van der Waals surface area contributed by atoms with Crippen LogP contribution in [-0.2, 0) is 6.54 Å². The molecule has 2 aromatic heterocycles. The van der Waals surface area contributed by atoms with Gasteiger partial charge in [0.05, 0.1) is 52.2 Å². The van der Waals surface area contributed by atoms with Gasteiger partial charge in [0, 0.05) is 5.69 Å². The number of aromatic nitrogens is 4. The maximum absolute atomic E-state index is 5.74. The van der Waals surface area contributed by atoms with E-state index in [0.717, 1.165) is 54.8 Å². The first kappa shape index (κ1) is 22.0. The van der Waals surface area contributed by atoms with Gasteiger partial charge in [0.25, 0.3) is 0 Å². The molecule has 1 saturated heterocycles. The lowest BCUT2D eigenvalue weighted by Gasteiger charge is -2.37. The number of nitrogens with one attached hydrogen (secondary N) is 1. The number of benzene rings is 2. The number of ether oxygens (including phenoxy) is 2. The Bertz CT molecular complexity index is 1180. The van der Waals surface area contributed by atoms with E-state index in [0.29, 0.717) is 6.54 Å². The molecule has 4 aromatic rings. The molecular formula is C25H29N6O3+. The third-order valence-corrected chi connectivity index (χ3v) is 6.40. The molecule has 34 heavy (non-hydrogen) atoms. The molecule has 9 heteroatoms. The van der Waals surface area contributed by atoms with Gasteiger partial charge in [0.15, 0.2) is 6.04 Å². The summed E-state index contributed by atoms with van der Waals surface area (Å²) in [7, 11) is 3.40. The maximum atomic E-state index is 5.74. The second kappa shape index (κ2) is 9.96. The van der Waals surface area contributed by atoms with E-state index >= 15 is 0 Å². The molecule has 5 rings (SSSR count). The standard InChI is InChI=1S/C25H28N6O3/c1-32-20-11-9-19(10-12-20)29-13-15-30(16-14-29)24(22-7-3-4-8-23(22)33-2)25-26-27-28-31(25)18-21-6-5-17-34-21/h3-12,17,24H,13-16,18H2,1-2H3/p+1/t24-/m1/s1. The van der Waals surface area contributed by atoms with Gasteiger partial charge in [0.2, 0.25) is 5.82 Å². The summed E-state index contributed by atoms with van der Waals surface area (Å²) in [6.45, 7) is 4.19. The second-order valence-electron chi connectivity index (χ2n) is 8.29. The number of furan rings is 1. The van der Waals surface area contributed by atoms with E-state index in [9.17, 15) is 0 Å². The molecule has 0 aliphatic carbocycles. The summed E-state index contributed by atoms with van der Waals surface area (Å²) < 4.78 is 18.4. The first-order chi connectivity index (χ1) is 16.8. The predicted octanol–water partition coefficient (Wildman–Crippen LogP) is 1.83. The minimum atomic E-state index is -0.0703. The van der Waals surface area contributed by atoms with Gasteiger partial charge in [-0.25, -0.2) is 4.68 Å². The van der Waals surface area contributed by atoms with Crippen LogP contribution < -0.4 is 19.3 Å². The Morgan fingerprint density at radius 2 is 1.76 bits per heavy atom. The van der Waals surface area contributed by atoms with Crippen LogP contribution in [0.3, 0.4) is 0 Å². The smallest absolute Gasteiger partial charge is 0.214 e. The molecule has 1 aliphatic heterocycles. The van der Waals surface area contributed by atoms with Gasteiger partial charge in [-0.05, 0) is 59.0 Å². The molecule has 1 aliphatic rings. The van der Waals surface area contributed by atoms with Crippen molar-refractivity contribution < 1.29 is 18.8 Å². The normalized spacial score (nSPS) is 15.3. The van der Waals surface area contributed by atoms with Crippen LogP contribution in [0.25, 0.3) is 0 Å². The number of hydrogen-bond acceptors (Lipinski definition) is 7. The molecule has 0 amide bonds. The van der Waals surface area contributed by atoms with E-state index in [2.05, 4.69) is 38.6 Å². The van der Waals surface area contributed by atoms with Crippen molar-refractivity contribution in [1.82, 2.24) is 20.2 Å².